The van der Waals surface area contributed by atoms with Gasteiger partial charge in [-0.25, -0.2) is 4.58 Å². The molecule has 1 heterocycles. The van der Waals surface area contributed by atoms with Crippen molar-refractivity contribution in [3.63, 3.8) is 0 Å². The Labute approximate surface area is 238 Å². The Balaban J connectivity index is 1.73. The molecule has 2 aliphatic rings. The van der Waals surface area contributed by atoms with Gasteiger partial charge in [0.25, 0.3) is 5.91 Å². The van der Waals surface area contributed by atoms with Gasteiger partial charge in [0.1, 0.15) is 25.4 Å². The van der Waals surface area contributed by atoms with E-state index in [1.54, 1.807) is 12.1 Å². The van der Waals surface area contributed by atoms with Gasteiger partial charge < -0.3 is 24.5 Å². The van der Waals surface area contributed by atoms with E-state index in [2.05, 4.69) is 15.3 Å². The normalized spacial score (nSPS) is 10.8. The molecule has 41 heavy (non-hydrogen) atoms. The Kier molecular flexibility index (Phi) is 9.26. The van der Waals surface area contributed by atoms with Gasteiger partial charge in [-0.1, -0.05) is 24.0 Å². The van der Waals surface area contributed by atoms with E-state index >= 15 is 0 Å². The number of hydrogen-bond acceptors (Lipinski definition) is 6. The summed E-state index contributed by atoms with van der Waals surface area (Å²) in [5.74, 6) is -1.11. The summed E-state index contributed by atoms with van der Waals surface area (Å²) in [5.41, 5.74) is 11.9. The lowest BCUT2D eigenvalue weighted by Gasteiger charge is -2.20. The first-order valence-corrected chi connectivity index (χ1v) is 13.5. The number of nitrogens with one attached hydrogen (secondary N) is 1. The van der Waals surface area contributed by atoms with Gasteiger partial charge in [0.15, 0.2) is 0 Å². The Morgan fingerprint density at radius 2 is 1.76 bits per heavy atom. The number of aromatic carboxylic acids is 1. The number of carbonyl (C=O) groups is 2. The molecule has 0 atom stereocenters. The zero-order valence-electron chi connectivity index (χ0n) is 23.8. The minimum absolute atomic E-state index is 0.0714. The van der Waals surface area contributed by atoms with Crippen LogP contribution in [0.4, 0.5) is 5.69 Å². The molecule has 1 N–H and O–H groups in total. The largest absolute Gasteiger partial charge is 0.545 e. The van der Waals surface area contributed by atoms with Crippen molar-refractivity contribution < 1.29 is 19.1 Å². The van der Waals surface area contributed by atoms with Gasteiger partial charge in [0.2, 0.25) is 5.36 Å². The summed E-state index contributed by atoms with van der Waals surface area (Å²) in [6.07, 6.45) is 3.35. The van der Waals surface area contributed by atoms with Crippen LogP contribution in [0, 0.1) is 0 Å². The molecule has 0 saturated heterocycles. The molecule has 0 spiro atoms. The molecule has 212 valence electrons. The molecule has 10 heteroatoms. The van der Waals surface area contributed by atoms with Crippen LogP contribution >= 0.6 is 0 Å². The number of rotatable bonds is 11. The minimum Gasteiger partial charge on any atom is -0.545 e. The Morgan fingerprint density at radius 3 is 2.46 bits per heavy atom. The van der Waals surface area contributed by atoms with E-state index in [1.807, 2.05) is 74.1 Å². The number of carboxylic acid groups (broad SMARTS) is 1. The molecular formula is C31H34N6O4. The number of nitrogens with zero attached hydrogens (tertiary/aromatic N) is 5. The molecule has 0 fully saturated rings. The molecule has 0 unspecified atom stereocenters. The Hall–Kier alpha value is -4.82. The van der Waals surface area contributed by atoms with Crippen LogP contribution < -0.4 is 25.3 Å². The van der Waals surface area contributed by atoms with Gasteiger partial charge in [0.05, 0.1) is 12.0 Å². The smallest absolute Gasteiger partial charge is 0.251 e. The van der Waals surface area contributed by atoms with Crippen molar-refractivity contribution in [2.24, 2.45) is 5.11 Å². The van der Waals surface area contributed by atoms with Gasteiger partial charge >= 0.3 is 0 Å². The number of hydrogen-bond donors (Lipinski definition) is 1. The average molecular weight is 555 g/mol. The Bertz CT molecular complexity index is 1680. The number of anilines is 1. The van der Waals surface area contributed by atoms with E-state index in [0.717, 1.165) is 47.7 Å². The van der Waals surface area contributed by atoms with Crippen molar-refractivity contribution in [3.8, 4) is 22.5 Å². The van der Waals surface area contributed by atoms with E-state index in [-0.39, 0.29) is 17.0 Å². The van der Waals surface area contributed by atoms with E-state index in [9.17, 15) is 14.7 Å². The summed E-state index contributed by atoms with van der Waals surface area (Å²) < 4.78 is 8.31. The molecule has 1 amide bonds. The lowest BCUT2D eigenvalue weighted by molar-refractivity contribution is -0.254. The fourth-order valence-corrected chi connectivity index (χ4v) is 4.80. The number of azide groups is 1. The summed E-state index contributed by atoms with van der Waals surface area (Å²) in [4.78, 5) is 30.0. The second kappa shape index (κ2) is 13.0. The van der Waals surface area contributed by atoms with Crippen LogP contribution in [-0.4, -0.2) is 53.2 Å². The standard InChI is InChI=1S/C31H34N6O4/c1-36(2)21-10-13-24-27(18-21)41-28-19-22(37(3)4)11-14-25(28)29(24)23-12-9-20(17-26(23)31(39)40)30(38)33-15-7-5-6-8-16-34-35-32/h9-14,17-19H,5-8,15-16H2,1-4H3,(H-,33,38,39,40). The van der Waals surface area contributed by atoms with Gasteiger partial charge in [-0.2, -0.15) is 0 Å². The van der Waals surface area contributed by atoms with E-state index in [0.29, 0.717) is 35.6 Å². The SMILES string of the molecule is CN(C)c1ccc2c(-c3ccc(C(=O)NCCCCCCN=[N+]=[N-])cc3C(=O)[O-])c3ccc(=[N+](C)C)cc-3oc2c1. The zero-order chi connectivity index (χ0) is 29.5. The maximum Gasteiger partial charge on any atom is 0.251 e. The molecule has 10 nitrogen and oxygen atoms in total. The second-order valence-electron chi connectivity index (χ2n) is 10.3. The van der Waals surface area contributed by atoms with Gasteiger partial charge in [-0.05, 0) is 54.3 Å². The van der Waals surface area contributed by atoms with Crippen molar-refractivity contribution >= 4 is 28.5 Å². The lowest BCUT2D eigenvalue weighted by Crippen LogP contribution is -2.27. The van der Waals surface area contributed by atoms with Crippen LogP contribution in [0.1, 0.15) is 46.4 Å². The zero-order valence-corrected chi connectivity index (χ0v) is 23.8. The van der Waals surface area contributed by atoms with Crippen molar-refractivity contribution in [3.05, 3.63) is 81.5 Å². The van der Waals surface area contributed by atoms with Crippen molar-refractivity contribution in [1.29, 1.82) is 0 Å². The van der Waals surface area contributed by atoms with Crippen LogP contribution in [0.3, 0.4) is 0 Å². The average Bonchev–Trinajstić information content (AvgIpc) is 2.96. The molecule has 2 aromatic carbocycles. The van der Waals surface area contributed by atoms with E-state index < -0.39 is 5.97 Å². The number of amides is 1. The first kappa shape index (κ1) is 29.2. The highest BCUT2D eigenvalue weighted by atomic mass is 16.4. The summed E-state index contributed by atoms with van der Waals surface area (Å²) in [6, 6.07) is 16.3. The molecular weight excluding hydrogens is 520 g/mol. The first-order valence-electron chi connectivity index (χ1n) is 13.5. The van der Waals surface area contributed by atoms with Crippen molar-refractivity contribution in [1.82, 2.24) is 9.89 Å². The fourth-order valence-electron chi connectivity index (χ4n) is 4.80. The van der Waals surface area contributed by atoms with Crippen molar-refractivity contribution in [2.75, 3.05) is 46.2 Å². The summed E-state index contributed by atoms with van der Waals surface area (Å²) in [6.45, 7) is 0.926. The van der Waals surface area contributed by atoms with Crippen LogP contribution in [0.2, 0.25) is 0 Å². The predicted octanol–water partition coefficient (Wildman–Crippen LogP) is 4.27. The molecule has 2 aromatic rings. The molecule has 1 aliphatic heterocycles. The summed E-state index contributed by atoms with van der Waals surface area (Å²) >= 11 is 0. The highest BCUT2D eigenvalue weighted by Gasteiger charge is 2.22. The molecule has 0 radical (unpaired) electrons. The van der Waals surface area contributed by atoms with Crippen LogP contribution in [-0.2, 0) is 0 Å². The second-order valence-corrected chi connectivity index (χ2v) is 10.3. The molecule has 0 aromatic heterocycles. The van der Waals surface area contributed by atoms with Crippen LogP contribution in [0.25, 0.3) is 43.9 Å². The maximum absolute atomic E-state index is 12.9. The molecule has 1 aliphatic carbocycles. The van der Waals surface area contributed by atoms with E-state index in [1.165, 1.54) is 6.07 Å². The predicted molar refractivity (Wildman–Crippen MR) is 159 cm³/mol. The number of carboxylic acids is 1. The molecule has 0 bridgehead atoms. The maximum atomic E-state index is 12.9. The third-order valence-corrected chi connectivity index (χ3v) is 7.03. The minimum atomic E-state index is -1.37. The number of unbranched alkanes of at least 4 members (excludes halogenated alkanes) is 3. The topological polar surface area (TPSA) is 137 Å². The van der Waals surface area contributed by atoms with E-state index in [4.69, 9.17) is 9.95 Å². The quantitative estimate of drug-likeness (QED) is 0.0737. The van der Waals surface area contributed by atoms with Gasteiger partial charge in [-0.3, -0.25) is 4.79 Å². The monoisotopic (exact) mass is 554 g/mol. The van der Waals surface area contributed by atoms with Crippen LogP contribution in [0.15, 0.2) is 64.1 Å². The molecule has 0 saturated carbocycles. The van der Waals surface area contributed by atoms with Gasteiger partial charge in [0, 0.05) is 77.6 Å². The number of carbonyl (C=O) groups excluding carboxylic acids is 2. The lowest BCUT2D eigenvalue weighted by atomic mass is 9.89. The fraction of sp³-hybridized carbons (Fsp3) is 0.323. The third kappa shape index (κ3) is 6.67. The highest BCUT2D eigenvalue weighted by Crippen LogP contribution is 2.42. The van der Waals surface area contributed by atoms with Crippen molar-refractivity contribution in [2.45, 2.75) is 25.7 Å². The highest BCUT2D eigenvalue weighted by molar-refractivity contribution is 6.08. The molecule has 4 rings (SSSR count). The summed E-state index contributed by atoms with van der Waals surface area (Å²) in [5, 5.41) is 20.5. The first-order chi connectivity index (χ1) is 19.7. The van der Waals surface area contributed by atoms with Crippen LogP contribution in [0.5, 0.6) is 0 Å². The Morgan fingerprint density at radius 1 is 1.00 bits per heavy atom. The number of benzene rings is 3. The third-order valence-electron chi connectivity index (χ3n) is 7.03. The summed E-state index contributed by atoms with van der Waals surface area (Å²) in [7, 11) is 7.77. The number of fused-ring (bicyclic) bond motifs is 2. The van der Waals surface area contributed by atoms with Gasteiger partial charge in [-0.15, -0.1) is 0 Å².